The van der Waals surface area contributed by atoms with Gasteiger partial charge in [-0.25, -0.2) is 9.13 Å². The SMILES string of the molecule is CCCCCCCCCC(=O)O[C@H](COC(=O)CCCCCCC)COP(=O)(O)OC[C@H](O)COP(=O)(O)OC[C@@H](COC(=O)CCCCCCCCCCCCCCCCCCC(C)C)OC(=O)CCCCCCCCCCCCCCCCCCCCC(C)C. The van der Waals surface area contributed by atoms with E-state index in [1.807, 2.05) is 0 Å². The van der Waals surface area contributed by atoms with E-state index in [-0.39, 0.29) is 25.7 Å². The van der Waals surface area contributed by atoms with Gasteiger partial charge in [0.1, 0.15) is 19.3 Å². The highest BCUT2D eigenvalue weighted by atomic mass is 31.2. The number of ether oxygens (including phenoxy) is 4. The molecule has 3 N–H and O–H groups in total. The van der Waals surface area contributed by atoms with E-state index >= 15 is 0 Å². The molecular weight excluding hydrogens is 1210 g/mol. The summed E-state index contributed by atoms with van der Waals surface area (Å²) in [5.41, 5.74) is 0. The summed E-state index contributed by atoms with van der Waals surface area (Å²) in [5, 5.41) is 10.5. The zero-order valence-electron chi connectivity index (χ0n) is 59.9. The molecule has 546 valence electrons. The average Bonchev–Trinajstić information content (AvgIpc) is 1.86. The third-order valence-corrected chi connectivity index (χ3v) is 18.9. The summed E-state index contributed by atoms with van der Waals surface area (Å²) in [5.74, 6) is -0.504. The van der Waals surface area contributed by atoms with Gasteiger partial charge in [-0.15, -0.1) is 0 Å². The molecule has 0 rings (SSSR count). The molecule has 2 unspecified atom stereocenters. The predicted octanol–water partition coefficient (Wildman–Crippen LogP) is 21.2. The Bertz CT molecular complexity index is 1790. The molecule has 92 heavy (non-hydrogen) atoms. The van der Waals surface area contributed by atoms with Gasteiger partial charge in [0.15, 0.2) is 12.2 Å². The first kappa shape index (κ1) is 90.1. The first-order valence-electron chi connectivity index (χ1n) is 38.0. The zero-order valence-corrected chi connectivity index (χ0v) is 61.6. The Hall–Kier alpha value is -1.94. The number of aliphatic hydroxyl groups excluding tert-OH is 1. The van der Waals surface area contributed by atoms with Crippen molar-refractivity contribution in [2.24, 2.45) is 11.8 Å². The molecule has 0 aliphatic carbocycles. The first-order chi connectivity index (χ1) is 44.4. The second kappa shape index (κ2) is 65.0. The lowest BCUT2D eigenvalue weighted by atomic mass is 10.0. The minimum atomic E-state index is -4.95. The third kappa shape index (κ3) is 66.7. The Kier molecular flexibility index (Phi) is 63.7. The number of hydrogen-bond acceptors (Lipinski definition) is 15. The van der Waals surface area contributed by atoms with E-state index < -0.39 is 97.5 Å². The number of esters is 4. The normalized spacial score (nSPS) is 14.1. The molecule has 0 aliphatic heterocycles. The molecule has 0 heterocycles. The molecule has 0 aromatic heterocycles. The second-order valence-electron chi connectivity index (χ2n) is 27.3. The number of phosphoric ester groups is 2. The lowest BCUT2D eigenvalue weighted by Crippen LogP contribution is -2.30. The van der Waals surface area contributed by atoms with Crippen molar-refractivity contribution < 1.29 is 80.2 Å². The van der Waals surface area contributed by atoms with Crippen LogP contribution in [0.3, 0.4) is 0 Å². The number of hydrogen-bond donors (Lipinski definition) is 3. The van der Waals surface area contributed by atoms with E-state index in [2.05, 4.69) is 41.5 Å². The van der Waals surface area contributed by atoms with Crippen LogP contribution >= 0.6 is 15.6 Å². The lowest BCUT2D eigenvalue weighted by Gasteiger charge is -2.21. The van der Waals surface area contributed by atoms with Crippen LogP contribution in [-0.4, -0.2) is 96.7 Å². The van der Waals surface area contributed by atoms with Crippen LogP contribution in [0.4, 0.5) is 0 Å². The van der Waals surface area contributed by atoms with E-state index in [4.69, 9.17) is 37.0 Å². The summed E-state index contributed by atoms with van der Waals surface area (Å²) in [7, 11) is -9.89. The van der Waals surface area contributed by atoms with Crippen molar-refractivity contribution in [3.05, 3.63) is 0 Å². The Morgan fingerprint density at radius 1 is 0.293 bits per heavy atom. The van der Waals surface area contributed by atoms with Gasteiger partial charge in [0.25, 0.3) is 0 Å². The van der Waals surface area contributed by atoms with Gasteiger partial charge in [-0.2, -0.15) is 0 Å². The molecule has 0 aliphatic rings. The monoisotopic (exact) mass is 1350 g/mol. The van der Waals surface area contributed by atoms with Crippen LogP contribution in [0.5, 0.6) is 0 Å². The molecule has 0 aromatic carbocycles. The number of carbonyl (C=O) groups is 4. The minimum absolute atomic E-state index is 0.103. The van der Waals surface area contributed by atoms with Gasteiger partial charge >= 0.3 is 39.5 Å². The Labute approximate surface area is 562 Å². The van der Waals surface area contributed by atoms with E-state index in [1.54, 1.807) is 0 Å². The number of rotatable bonds is 72. The molecule has 19 heteroatoms. The van der Waals surface area contributed by atoms with Crippen LogP contribution in [0.2, 0.25) is 0 Å². The Balaban J connectivity index is 5.07. The predicted molar refractivity (Wildman–Crippen MR) is 372 cm³/mol. The summed E-state index contributed by atoms with van der Waals surface area (Å²) >= 11 is 0. The summed E-state index contributed by atoms with van der Waals surface area (Å²) in [6, 6.07) is 0. The first-order valence-corrected chi connectivity index (χ1v) is 41.0. The van der Waals surface area contributed by atoms with Gasteiger partial charge in [-0.1, -0.05) is 324 Å². The molecule has 5 atom stereocenters. The number of aliphatic hydroxyl groups is 1. The van der Waals surface area contributed by atoms with Crippen LogP contribution in [0.15, 0.2) is 0 Å². The maximum atomic E-state index is 13.1. The Morgan fingerprint density at radius 2 is 0.500 bits per heavy atom. The van der Waals surface area contributed by atoms with Gasteiger partial charge in [-0.05, 0) is 37.5 Å². The fourth-order valence-electron chi connectivity index (χ4n) is 11.1. The summed E-state index contributed by atoms with van der Waals surface area (Å²) < 4.78 is 68.0. The smallest absolute Gasteiger partial charge is 0.462 e. The van der Waals surface area contributed by atoms with Gasteiger partial charge < -0.3 is 33.8 Å². The highest BCUT2D eigenvalue weighted by Crippen LogP contribution is 2.45. The largest absolute Gasteiger partial charge is 0.472 e. The lowest BCUT2D eigenvalue weighted by molar-refractivity contribution is -0.161. The molecule has 0 amide bonds. The standard InChI is InChI=1S/C73H142O17P2/c1-7-9-11-13-36-45-51-57-72(77)89-68(61-83-70(75)55-49-41-12-10-8-2)63-87-91(79,80)85-59-67(74)60-86-92(81,82)88-64-69(62-84-71(76)56-50-44-39-34-30-26-22-19-18-21-25-29-33-38-43-48-54-66(5)6)90-73(78)58-52-46-40-35-31-27-23-17-15-14-16-20-24-28-32-37-42-47-53-65(3)4/h65-69,74H,7-64H2,1-6H3,(H,79,80)(H,81,82)/t67-,68+,69+/m0/s1. The van der Waals surface area contributed by atoms with Crippen LogP contribution in [-0.2, 0) is 65.4 Å². The van der Waals surface area contributed by atoms with E-state index in [0.717, 1.165) is 121 Å². The van der Waals surface area contributed by atoms with Gasteiger partial charge in [0.2, 0.25) is 0 Å². The van der Waals surface area contributed by atoms with Crippen LogP contribution in [0.25, 0.3) is 0 Å². The number of phosphoric acid groups is 2. The van der Waals surface area contributed by atoms with Gasteiger partial charge in [0, 0.05) is 25.7 Å². The fourth-order valence-corrected chi connectivity index (χ4v) is 12.7. The van der Waals surface area contributed by atoms with Crippen LogP contribution < -0.4 is 0 Å². The number of unbranched alkanes of at least 4 members (excludes halogenated alkanes) is 42. The topological polar surface area (TPSA) is 237 Å². The van der Waals surface area contributed by atoms with Crippen molar-refractivity contribution in [2.45, 2.75) is 394 Å². The summed E-state index contributed by atoms with van der Waals surface area (Å²) in [6.45, 7) is 9.50. The molecule has 0 fully saturated rings. The quantitative estimate of drug-likeness (QED) is 0.0222. The van der Waals surface area contributed by atoms with Crippen molar-refractivity contribution >= 4 is 39.5 Å². The summed E-state index contributed by atoms with van der Waals surface area (Å²) in [4.78, 5) is 72.2. The van der Waals surface area contributed by atoms with E-state index in [0.29, 0.717) is 25.7 Å². The maximum Gasteiger partial charge on any atom is 0.472 e. The molecular formula is C73H142O17P2. The van der Waals surface area contributed by atoms with Crippen molar-refractivity contribution in [3.8, 4) is 0 Å². The molecule has 17 nitrogen and oxygen atoms in total. The van der Waals surface area contributed by atoms with Crippen molar-refractivity contribution in [2.75, 3.05) is 39.6 Å². The molecule has 0 radical (unpaired) electrons. The van der Waals surface area contributed by atoms with E-state index in [1.165, 1.54) is 173 Å². The van der Waals surface area contributed by atoms with Crippen molar-refractivity contribution in [1.82, 2.24) is 0 Å². The molecule has 0 bridgehead atoms. The second-order valence-corrected chi connectivity index (χ2v) is 30.2. The average molecular weight is 1350 g/mol. The highest BCUT2D eigenvalue weighted by Gasteiger charge is 2.30. The van der Waals surface area contributed by atoms with Crippen molar-refractivity contribution in [3.63, 3.8) is 0 Å². The summed E-state index contributed by atoms with van der Waals surface area (Å²) in [6.07, 6.45) is 52.1. The maximum absolute atomic E-state index is 13.1. The molecule has 0 saturated carbocycles. The minimum Gasteiger partial charge on any atom is -0.462 e. The molecule has 0 aromatic rings. The highest BCUT2D eigenvalue weighted by molar-refractivity contribution is 7.47. The zero-order chi connectivity index (χ0) is 67.9. The number of carbonyl (C=O) groups excluding carboxylic acids is 4. The van der Waals surface area contributed by atoms with Crippen molar-refractivity contribution in [1.29, 1.82) is 0 Å². The van der Waals surface area contributed by atoms with E-state index in [9.17, 15) is 43.2 Å². The Morgan fingerprint density at radius 3 is 0.739 bits per heavy atom. The van der Waals surface area contributed by atoms with Gasteiger partial charge in [-0.3, -0.25) is 37.3 Å². The molecule has 0 spiro atoms. The van der Waals surface area contributed by atoms with Crippen LogP contribution in [0.1, 0.15) is 375 Å². The van der Waals surface area contributed by atoms with Gasteiger partial charge in [0.05, 0.1) is 26.4 Å². The van der Waals surface area contributed by atoms with Crippen LogP contribution in [0, 0.1) is 11.8 Å². The molecule has 0 saturated heterocycles. The fraction of sp³-hybridized carbons (Fsp3) is 0.945. The third-order valence-electron chi connectivity index (χ3n) is 17.0.